The Morgan fingerprint density at radius 1 is 0.788 bits per heavy atom. The Balaban J connectivity index is 0.000000186. The number of aliphatic hydroxyl groups is 1. The van der Waals surface area contributed by atoms with Crippen molar-refractivity contribution in [1.82, 2.24) is 24.1 Å². The molecule has 0 fully saturated rings. The summed E-state index contributed by atoms with van der Waals surface area (Å²) < 4.78 is 3.96. The van der Waals surface area contributed by atoms with Crippen molar-refractivity contribution in [3.8, 4) is 34.0 Å². The fourth-order valence-electron chi connectivity index (χ4n) is 3.25. The number of benzene rings is 2. The maximum Gasteiger partial charge on any atom is 0.0843 e. The number of nitrogens with zero attached hydrogens (tertiary/aromatic N) is 5. The molecule has 0 saturated heterocycles. The van der Waals surface area contributed by atoms with Gasteiger partial charge in [0.25, 0.3) is 0 Å². The molecule has 0 aliphatic heterocycles. The summed E-state index contributed by atoms with van der Waals surface area (Å²) in [4.78, 5) is 13.0. The minimum Gasteiger partial charge on any atom is -0.390 e. The molecule has 1 radical (unpaired) electrons. The Morgan fingerprint density at radius 3 is 1.91 bits per heavy atom. The van der Waals surface area contributed by atoms with E-state index in [1.54, 1.807) is 18.5 Å². The largest absolute Gasteiger partial charge is 0.390 e. The summed E-state index contributed by atoms with van der Waals surface area (Å²) in [5.41, 5.74) is 4.42. The van der Waals surface area contributed by atoms with E-state index >= 15 is 0 Å². The number of hydrogen-bond donors (Lipinski definition) is 1. The molecule has 33 heavy (non-hydrogen) atoms. The van der Waals surface area contributed by atoms with Gasteiger partial charge in [-0.25, -0.2) is 0 Å². The molecule has 7 heteroatoms. The molecule has 3 heterocycles. The van der Waals surface area contributed by atoms with Crippen molar-refractivity contribution in [2.75, 3.05) is 0 Å². The summed E-state index contributed by atoms with van der Waals surface area (Å²) in [7, 11) is 3.95. The number of aromatic nitrogens is 5. The van der Waals surface area contributed by atoms with Gasteiger partial charge in [0.1, 0.15) is 0 Å². The summed E-state index contributed by atoms with van der Waals surface area (Å²) in [5.74, 6) is 1.82. The van der Waals surface area contributed by atoms with Crippen molar-refractivity contribution in [1.29, 1.82) is 0 Å². The van der Waals surface area contributed by atoms with Crippen LogP contribution in [0, 0.1) is 12.1 Å². The van der Waals surface area contributed by atoms with E-state index in [1.807, 2.05) is 90.2 Å². The zero-order chi connectivity index (χ0) is 22.3. The van der Waals surface area contributed by atoms with Crippen LogP contribution in [-0.2, 0) is 40.8 Å². The number of imidazole rings is 2. The van der Waals surface area contributed by atoms with Crippen LogP contribution in [0.5, 0.6) is 0 Å². The van der Waals surface area contributed by atoms with Crippen LogP contribution in [0.15, 0.2) is 85.5 Å². The van der Waals surface area contributed by atoms with Gasteiger partial charge in [0.05, 0.1) is 23.9 Å². The monoisotopic (exact) mass is 614 g/mol. The zero-order valence-corrected chi connectivity index (χ0v) is 20.7. The molecule has 0 aliphatic carbocycles. The van der Waals surface area contributed by atoms with Crippen molar-refractivity contribution in [3.63, 3.8) is 0 Å². The summed E-state index contributed by atoms with van der Waals surface area (Å²) in [6.07, 6.45) is 7.43. The maximum atomic E-state index is 8.94. The average molecular weight is 614 g/mol. The van der Waals surface area contributed by atoms with Gasteiger partial charge < -0.3 is 14.2 Å². The molecule has 0 saturated carbocycles. The number of aliphatic hydroxyl groups excluding tert-OH is 1. The molecule has 0 unspecified atom stereocenters. The molecule has 3 aromatic heterocycles. The van der Waals surface area contributed by atoms with Crippen LogP contribution in [0.25, 0.3) is 34.0 Å². The molecule has 6 nitrogen and oxygen atoms in total. The van der Waals surface area contributed by atoms with Gasteiger partial charge in [-0.1, -0.05) is 23.3 Å². The van der Waals surface area contributed by atoms with Crippen LogP contribution in [0.4, 0.5) is 0 Å². The molecule has 0 atom stereocenters. The SMILES string of the molecule is Cn1ccnc1-c1[c-]c(-c2nccn2C)ccc1.OCc1cccc(-c2[c-]cccc2)n1.[Ir]. The smallest absolute Gasteiger partial charge is 0.0843 e. The van der Waals surface area contributed by atoms with E-state index < -0.39 is 0 Å². The fraction of sp³-hybridized carbons (Fsp3) is 0.115. The molecule has 0 aliphatic rings. The minimum absolute atomic E-state index is 0. The van der Waals surface area contributed by atoms with E-state index in [0.29, 0.717) is 5.69 Å². The number of hydrogen-bond acceptors (Lipinski definition) is 4. The third kappa shape index (κ3) is 5.90. The van der Waals surface area contributed by atoms with E-state index in [1.165, 1.54) is 0 Å². The summed E-state index contributed by atoms with van der Waals surface area (Å²) >= 11 is 0. The normalized spacial score (nSPS) is 10.2. The van der Waals surface area contributed by atoms with Crippen molar-refractivity contribution >= 4 is 0 Å². The van der Waals surface area contributed by atoms with E-state index in [4.69, 9.17) is 5.11 Å². The Hall–Kier alpha value is -3.38. The third-order valence-corrected chi connectivity index (χ3v) is 4.87. The molecule has 0 amide bonds. The van der Waals surface area contributed by atoms with Crippen molar-refractivity contribution in [2.45, 2.75) is 6.61 Å². The van der Waals surface area contributed by atoms with Crippen LogP contribution in [0.3, 0.4) is 0 Å². The predicted octanol–water partition coefficient (Wildman–Crippen LogP) is 4.33. The third-order valence-electron chi connectivity index (χ3n) is 4.87. The minimum atomic E-state index is -0.0271. The van der Waals surface area contributed by atoms with Gasteiger partial charge in [-0.05, 0) is 11.8 Å². The van der Waals surface area contributed by atoms with E-state index in [9.17, 15) is 0 Å². The zero-order valence-electron chi connectivity index (χ0n) is 18.3. The van der Waals surface area contributed by atoms with Gasteiger partial charge in [-0.15, -0.1) is 60.2 Å². The van der Waals surface area contributed by atoms with Crippen molar-refractivity contribution < 1.29 is 25.2 Å². The summed E-state index contributed by atoms with van der Waals surface area (Å²) in [5, 5.41) is 8.94. The summed E-state index contributed by atoms with van der Waals surface area (Å²) in [6, 6.07) is 25.7. The van der Waals surface area contributed by atoms with Gasteiger partial charge in [-0.2, -0.15) is 0 Å². The first-order valence-electron chi connectivity index (χ1n) is 10.2. The molecular formula is C26H23IrN5O-2. The average Bonchev–Trinajstić information content (AvgIpc) is 3.48. The molecule has 0 bridgehead atoms. The summed E-state index contributed by atoms with van der Waals surface area (Å²) in [6.45, 7) is -0.0271. The second-order valence-electron chi connectivity index (χ2n) is 7.15. The van der Waals surface area contributed by atoms with Crippen molar-refractivity contribution in [3.05, 3.63) is 103 Å². The Morgan fingerprint density at radius 2 is 1.39 bits per heavy atom. The Kier molecular flexibility index (Phi) is 8.44. The first kappa shape index (κ1) is 24.3. The topological polar surface area (TPSA) is 68.8 Å². The standard InChI is InChI=1S/C14H13N4.C12H10NO.Ir/c1-17-8-6-15-13(17)11-4-3-5-12(10-11)14-16-7-9-18(14)2;14-9-11-7-4-8-12(13-11)10-5-2-1-3-6-10;/h3-9H,1-2H3;1-5,7-8,14H,9H2;/q2*-1;. The Bertz CT molecular complexity index is 1240. The van der Waals surface area contributed by atoms with E-state index in [2.05, 4.69) is 27.1 Å². The van der Waals surface area contributed by atoms with Gasteiger partial charge in [-0.3, -0.25) is 15.0 Å². The molecule has 169 valence electrons. The van der Waals surface area contributed by atoms with Crippen LogP contribution in [0.1, 0.15) is 5.69 Å². The number of pyridine rings is 1. The second-order valence-corrected chi connectivity index (χ2v) is 7.15. The maximum absolute atomic E-state index is 8.94. The van der Waals surface area contributed by atoms with Crippen molar-refractivity contribution in [2.24, 2.45) is 14.1 Å². The number of rotatable bonds is 4. The fourth-order valence-corrected chi connectivity index (χ4v) is 3.25. The van der Waals surface area contributed by atoms with Crippen LogP contribution in [0.2, 0.25) is 0 Å². The Labute approximate surface area is 207 Å². The van der Waals surface area contributed by atoms with E-state index in [0.717, 1.165) is 34.0 Å². The second kappa shape index (κ2) is 11.5. The van der Waals surface area contributed by atoms with Gasteiger partial charge in [0.15, 0.2) is 0 Å². The van der Waals surface area contributed by atoms with Gasteiger partial charge >= 0.3 is 0 Å². The van der Waals surface area contributed by atoms with Crippen LogP contribution >= 0.6 is 0 Å². The molecule has 0 spiro atoms. The van der Waals surface area contributed by atoms with Crippen LogP contribution < -0.4 is 0 Å². The van der Waals surface area contributed by atoms with Crippen LogP contribution in [-0.4, -0.2) is 29.2 Å². The molecule has 5 rings (SSSR count). The van der Waals surface area contributed by atoms with Gasteiger partial charge in [0, 0.05) is 59.0 Å². The van der Waals surface area contributed by atoms with E-state index in [-0.39, 0.29) is 26.7 Å². The molecular weight excluding hydrogens is 591 g/mol. The first-order chi connectivity index (χ1) is 15.7. The first-order valence-corrected chi connectivity index (χ1v) is 10.2. The quantitative estimate of drug-likeness (QED) is 0.307. The molecule has 2 aromatic carbocycles. The molecule has 5 aromatic rings. The predicted molar refractivity (Wildman–Crippen MR) is 124 cm³/mol. The molecule has 1 N–H and O–H groups in total. The van der Waals surface area contributed by atoms with Gasteiger partial charge in [0.2, 0.25) is 0 Å². The number of aryl methyl sites for hydroxylation is 2.